The van der Waals surface area contributed by atoms with Crippen LogP contribution in [0.25, 0.3) is 11.3 Å². The third-order valence-corrected chi connectivity index (χ3v) is 3.95. The van der Waals surface area contributed by atoms with Crippen molar-refractivity contribution in [1.29, 1.82) is 0 Å². The highest BCUT2D eigenvalue weighted by atomic mass is 35.5. The molecular weight excluding hydrogens is 296 g/mol. The topological polar surface area (TPSA) is 54.5 Å². The quantitative estimate of drug-likeness (QED) is 0.781. The van der Waals surface area contributed by atoms with Crippen LogP contribution in [0.5, 0.6) is 0 Å². The minimum absolute atomic E-state index is 0.172. The van der Waals surface area contributed by atoms with Crippen LogP contribution in [0.2, 0.25) is 5.02 Å². The molecule has 112 valence electrons. The number of hydrogen-bond acceptors (Lipinski definition) is 3. The molecule has 0 spiro atoms. The fourth-order valence-corrected chi connectivity index (χ4v) is 2.97. The Morgan fingerprint density at radius 3 is 2.73 bits per heavy atom. The van der Waals surface area contributed by atoms with Gasteiger partial charge in [0, 0.05) is 22.7 Å². The summed E-state index contributed by atoms with van der Waals surface area (Å²) in [6.45, 7) is 4.38. The molecule has 0 amide bonds. The maximum atomic E-state index is 6.17. The van der Waals surface area contributed by atoms with Gasteiger partial charge in [-0.1, -0.05) is 37.6 Å². The molecule has 22 heavy (non-hydrogen) atoms. The van der Waals surface area contributed by atoms with E-state index in [1.807, 2.05) is 30.5 Å². The molecule has 2 aromatic heterocycles. The van der Waals surface area contributed by atoms with Gasteiger partial charge in [-0.25, -0.2) is 9.97 Å². The summed E-state index contributed by atoms with van der Waals surface area (Å²) in [6.07, 6.45) is 5.11. The van der Waals surface area contributed by atoms with Crippen molar-refractivity contribution in [3.05, 3.63) is 65.3 Å². The SMILES string of the molecule is CC(C)C(c1cccc(Cl)c1)c1[nH]ncc1-c1ccncn1. The molecule has 0 fully saturated rings. The van der Waals surface area contributed by atoms with E-state index >= 15 is 0 Å². The second-order valence-electron chi connectivity index (χ2n) is 5.57. The molecule has 1 N–H and O–H groups in total. The Hall–Kier alpha value is -2.20. The third kappa shape index (κ3) is 2.88. The van der Waals surface area contributed by atoms with E-state index < -0.39 is 0 Å². The molecule has 0 bridgehead atoms. The summed E-state index contributed by atoms with van der Waals surface area (Å²) < 4.78 is 0. The van der Waals surface area contributed by atoms with Gasteiger partial charge in [-0.2, -0.15) is 5.10 Å². The van der Waals surface area contributed by atoms with Crippen LogP contribution in [0, 0.1) is 5.92 Å². The Bertz CT molecular complexity index is 752. The zero-order valence-corrected chi connectivity index (χ0v) is 13.2. The van der Waals surface area contributed by atoms with Crippen LogP contribution < -0.4 is 0 Å². The molecular formula is C17H17ClN4. The Morgan fingerprint density at radius 2 is 2.05 bits per heavy atom. The lowest BCUT2D eigenvalue weighted by atomic mass is 9.84. The molecule has 0 saturated heterocycles. The highest BCUT2D eigenvalue weighted by Crippen LogP contribution is 2.36. The average molecular weight is 313 g/mol. The number of H-pyrrole nitrogens is 1. The fraction of sp³-hybridized carbons (Fsp3) is 0.235. The van der Waals surface area contributed by atoms with Crippen LogP contribution in [-0.2, 0) is 0 Å². The van der Waals surface area contributed by atoms with Crippen LogP contribution in [0.1, 0.15) is 31.0 Å². The highest BCUT2D eigenvalue weighted by molar-refractivity contribution is 6.30. The highest BCUT2D eigenvalue weighted by Gasteiger charge is 2.24. The van der Waals surface area contributed by atoms with Crippen LogP contribution in [0.15, 0.2) is 49.1 Å². The van der Waals surface area contributed by atoms with Gasteiger partial charge in [-0.05, 0) is 29.7 Å². The molecule has 1 atom stereocenters. The van der Waals surface area contributed by atoms with Crippen molar-refractivity contribution in [1.82, 2.24) is 20.2 Å². The first-order valence-electron chi connectivity index (χ1n) is 7.22. The predicted octanol–water partition coefficient (Wildman–Crippen LogP) is 4.31. The largest absolute Gasteiger partial charge is 0.281 e. The summed E-state index contributed by atoms with van der Waals surface area (Å²) in [5.41, 5.74) is 4.09. The molecule has 1 aromatic carbocycles. The third-order valence-electron chi connectivity index (χ3n) is 3.71. The van der Waals surface area contributed by atoms with Gasteiger partial charge in [-0.15, -0.1) is 0 Å². The number of aromatic nitrogens is 4. The molecule has 0 saturated carbocycles. The van der Waals surface area contributed by atoms with Gasteiger partial charge >= 0.3 is 0 Å². The summed E-state index contributed by atoms with van der Waals surface area (Å²) in [4.78, 5) is 8.31. The number of hydrogen-bond donors (Lipinski definition) is 1. The van der Waals surface area contributed by atoms with Gasteiger partial charge in [0.1, 0.15) is 6.33 Å². The van der Waals surface area contributed by atoms with Gasteiger partial charge in [0.25, 0.3) is 0 Å². The molecule has 0 aliphatic carbocycles. The van der Waals surface area contributed by atoms with E-state index in [1.54, 1.807) is 12.5 Å². The smallest absolute Gasteiger partial charge is 0.116 e. The maximum Gasteiger partial charge on any atom is 0.116 e. The molecule has 4 nitrogen and oxygen atoms in total. The predicted molar refractivity (Wildman–Crippen MR) is 87.7 cm³/mol. The van der Waals surface area contributed by atoms with Crippen molar-refractivity contribution in [3.8, 4) is 11.3 Å². The second kappa shape index (κ2) is 6.28. The molecule has 3 rings (SSSR count). The Labute approximate surface area is 134 Å². The summed E-state index contributed by atoms with van der Waals surface area (Å²) >= 11 is 6.17. The maximum absolute atomic E-state index is 6.17. The molecule has 5 heteroatoms. The van der Waals surface area contributed by atoms with E-state index in [-0.39, 0.29) is 5.92 Å². The lowest BCUT2D eigenvalue weighted by molar-refractivity contribution is 0.552. The summed E-state index contributed by atoms with van der Waals surface area (Å²) in [6, 6.07) is 9.87. The second-order valence-corrected chi connectivity index (χ2v) is 6.01. The van der Waals surface area contributed by atoms with Crippen molar-refractivity contribution < 1.29 is 0 Å². The summed E-state index contributed by atoms with van der Waals surface area (Å²) in [5.74, 6) is 0.561. The van der Waals surface area contributed by atoms with Gasteiger partial charge in [0.2, 0.25) is 0 Å². The number of nitrogens with one attached hydrogen (secondary N) is 1. The molecule has 0 radical (unpaired) electrons. The van der Waals surface area contributed by atoms with Crippen molar-refractivity contribution in [3.63, 3.8) is 0 Å². The van der Waals surface area contributed by atoms with E-state index in [4.69, 9.17) is 11.6 Å². The fourth-order valence-electron chi connectivity index (χ4n) is 2.77. The molecule has 3 aromatic rings. The number of aromatic amines is 1. The van der Waals surface area contributed by atoms with E-state index in [1.165, 1.54) is 5.56 Å². The summed E-state index contributed by atoms with van der Waals surface area (Å²) in [7, 11) is 0. The summed E-state index contributed by atoms with van der Waals surface area (Å²) in [5, 5.41) is 8.12. The Balaban J connectivity index is 2.10. The minimum Gasteiger partial charge on any atom is -0.281 e. The van der Waals surface area contributed by atoms with E-state index in [2.05, 4.69) is 40.1 Å². The number of halogens is 1. The number of benzene rings is 1. The van der Waals surface area contributed by atoms with Gasteiger partial charge in [0.05, 0.1) is 17.6 Å². The van der Waals surface area contributed by atoms with Crippen LogP contribution >= 0.6 is 11.6 Å². The standard InChI is InChI=1S/C17H17ClN4/c1-11(2)16(12-4-3-5-13(18)8-12)17-14(9-21-22-17)15-6-7-19-10-20-15/h3-11,16H,1-2H3,(H,21,22). The van der Waals surface area contributed by atoms with Gasteiger partial charge < -0.3 is 0 Å². The molecule has 0 aliphatic heterocycles. The van der Waals surface area contributed by atoms with Crippen LogP contribution in [-0.4, -0.2) is 20.2 Å². The first kappa shape index (κ1) is 14.7. The minimum atomic E-state index is 0.172. The van der Waals surface area contributed by atoms with Crippen molar-refractivity contribution >= 4 is 11.6 Å². The average Bonchev–Trinajstić information content (AvgIpc) is 2.97. The lowest BCUT2D eigenvalue weighted by Gasteiger charge is -2.21. The molecule has 1 unspecified atom stereocenters. The van der Waals surface area contributed by atoms with Crippen LogP contribution in [0.4, 0.5) is 0 Å². The van der Waals surface area contributed by atoms with Crippen molar-refractivity contribution in [2.45, 2.75) is 19.8 Å². The van der Waals surface area contributed by atoms with E-state index in [0.717, 1.165) is 22.0 Å². The van der Waals surface area contributed by atoms with Crippen LogP contribution in [0.3, 0.4) is 0 Å². The zero-order valence-electron chi connectivity index (χ0n) is 12.5. The Kier molecular flexibility index (Phi) is 4.20. The zero-order chi connectivity index (χ0) is 15.5. The first-order valence-corrected chi connectivity index (χ1v) is 7.59. The van der Waals surface area contributed by atoms with Gasteiger partial charge in [-0.3, -0.25) is 5.10 Å². The Morgan fingerprint density at radius 1 is 1.18 bits per heavy atom. The normalized spacial score (nSPS) is 12.5. The van der Waals surface area contributed by atoms with Gasteiger partial charge in [0.15, 0.2) is 0 Å². The van der Waals surface area contributed by atoms with Crippen molar-refractivity contribution in [2.75, 3.05) is 0 Å². The van der Waals surface area contributed by atoms with Crippen molar-refractivity contribution in [2.24, 2.45) is 5.92 Å². The van der Waals surface area contributed by atoms with E-state index in [9.17, 15) is 0 Å². The molecule has 0 aliphatic rings. The lowest BCUT2D eigenvalue weighted by Crippen LogP contribution is -2.10. The van der Waals surface area contributed by atoms with E-state index in [0.29, 0.717) is 5.92 Å². The molecule has 2 heterocycles. The monoisotopic (exact) mass is 312 g/mol. The number of nitrogens with zero attached hydrogens (tertiary/aromatic N) is 3. The first-order chi connectivity index (χ1) is 10.7. The number of rotatable bonds is 4.